The molecule has 1 heterocycles. The van der Waals surface area contributed by atoms with E-state index in [9.17, 15) is 0 Å². The van der Waals surface area contributed by atoms with E-state index in [4.69, 9.17) is 5.73 Å². The second-order valence-electron chi connectivity index (χ2n) is 6.67. The molecule has 2 fully saturated rings. The van der Waals surface area contributed by atoms with Crippen LogP contribution in [-0.4, -0.2) is 54.1 Å². The van der Waals surface area contributed by atoms with Crippen molar-refractivity contribution in [2.75, 3.05) is 26.2 Å². The third kappa shape index (κ3) is 3.71. The smallest absolute Gasteiger partial charge is 0.0251 e. The molecule has 3 nitrogen and oxygen atoms in total. The minimum atomic E-state index is 0.411. The van der Waals surface area contributed by atoms with Crippen molar-refractivity contribution in [1.82, 2.24) is 9.80 Å². The van der Waals surface area contributed by atoms with Crippen molar-refractivity contribution in [3.05, 3.63) is 0 Å². The minimum absolute atomic E-state index is 0.411. The average Bonchev–Trinajstić information content (AvgIpc) is 2.41. The molecule has 0 spiro atoms. The standard InChI is InChI=1S/C16H33N3/c1-4-6-14-7-8-15(17)16(11-14)19-10-9-18(5-2)13(3)12-19/h13-16H,4-12,17H2,1-3H3. The Labute approximate surface area is 119 Å². The highest BCUT2D eigenvalue weighted by Gasteiger charge is 2.34. The number of likely N-dealkylation sites (N-methyl/N-ethyl adjacent to an activating group) is 1. The summed E-state index contributed by atoms with van der Waals surface area (Å²) < 4.78 is 0. The lowest BCUT2D eigenvalue weighted by molar-refractivity contribution is 0.0287. The molecular formula is C16H33N3. The Morgan fingerprint density at radius 1 is 1.16 bits per heavy atom. The van der Waals surface area contributed by atoms with Crippen LogP contribution in [0.15, 0.2) is 0 Å². The van der Waals surface area contributed by atoms with Crippen molar-refractivity contribution < 1.29 is 0 Å². The van der Waals surface area contributed by atoms with Crippen LogP contribution >= 0.6 is 0 Å². The lowest BCUT2D eigenvalue weighted by Crippen LogP contribution is -2.59. The largest absolute Gasteiger partial charge is 0.326 e. The summed E-state index contributed by atoms with van der Waals surface area (Å²) in [6.45, 7) is 11.8. The summed E-state index contributed by atoms with van der Waals surface area (Å²) in [5.74, 6) is 0.925. The minimum Gasteiger partial charge on any atom is -0.326 e. The first-order valence-electron chi connectivity index (χ1n) is 8.39. The number of nitrogens with zero attached hydrogens (tertiary/aromatic N) is 2. The van der Waals surface area contributed by atoms with Crippen LogP contribution in [0.4, 0.5) is 0 Å². The first-order chi connectivity index (χ1) is 9.15. The summed E-state index contributed by atoms with van der Waals surface area (Å²) in [6, 6.07) is 1.75. The summed E-state index contributed by atoms with van der Waals surface area (Å²) in [6.07, 6.45) is 6.65. The Kier molecular flexibility index (Phi) is 5.67. The molecule has 0 aromatic rings. The Balaban J connectivity index is 1.92. The van der Waals surface area contributed by atoms with Gasteiger partial charge in [-0.15, -0.1) is 0 Å². The SMILES string of the molecule is CCCC1CCC(N)C(N2CCN(CC)C(C)C2)C1. The molecule has 2 rings (SSSR count). The van der Waals surface area contributed by atoms with Crippen LogP contribution in [0.5, 0.6) is 0 Å². The molecule has 3 heteroatoms. The number of hydrogen-bond donors (Lipinski definition) is 1. The van der Waals surface area contributed by atoms with Crippen LogP contribution < -0.4 is 5.73 Å². The van der Waals surface area contributed by atoms with Crippen molar-refractivity contribution in [3.63, 3.8) is 0 Å². The van der Waals surface area contributed by atoms with E-state index in [-0.39, 0.29) is 0 Å². The number of piperazine rings is 1. The summed E-state index contributed by atoms with van der Waals surface area (Å²) in [5, 5.41) is 0. The van der Waals surface area contributed by atoms with Crippen LogP contribution in [-0.2, 0) is 0 Å². The van der Waals surface area contributed by atoms with Crippen LogP contribution in [0.1, 0.15) is 52.9 Å². The second kappa shape index (κ2) is 7.05. The first-order valence-corrected chi connectivity index (χ1v) is 8.39. The van der Waals surface area contributed by atoms with Gasteiger partial charge in [-0.05, 0) is 38.6 Å². The van der Waals surface area contributed by atoms with Gasteiger partial charge in [0.2, 0.25) is 0 Å². The van der Waals surface area contributed by atoms with Crippen LogP contribution in [0.2, 0.25) is 0 Å². The molecule has 4 atom stereocenters. The zero-order valence-corrected chi connectivity index (χ0v) is 13.1. The monoisotopic (exact) mass is 267 g/mol. The zero-order chi connectivity index (χ0) is 13.8. The van der Waals surface area contributed by atoms with E-state index in [1.54, 1.807) is 0 Å². The fraction of sp³-hybridized carbons (Fsp3) is 1.00. The fourth-order valence-electron chi connectivity index (χ4n) is 4.14. The van der Waals surface area contributed by atoms with Gasteiger partial charge in [-0.2, -0.15) is 0 Å². The van der Waals surface area contributed by atoms with Crippen molar-refractivity contribution >= 4 is 0 Å². The maximum Gasteiger partial charge on any atom is 0.0251 e. The molecule has 2 N–H and O–H groups in total. The molecule has 1 saturated carbocycles. The lowest BCUT2D eigenvalue weighted by Gasteiger charge is -2.47. The maximum absolute atomic E-state index is 6.43. The summed E-state index contributed by atoms with van der Waals surface area (Å²) in [4.78, 5) is 5.29. The van der Waals surface area contributed by atoms with Crippen LogP contribution in [0.3, 0.4) is 0 Å². The summed E-state index contributed by atoms with van der Waals surface area (Å²) in [7, 11) is 0. The molecule has 0 aromatic heterocycles. The van der Waals surface area contributed by atoms with Gasteiger partial charge >= 0.3 is 0 Å². The van der Waals surface area contributed by atoms with Gasteiger partial charge in [0, 0.05) is 37.8 Å². The van der Waals surface area contributed by atoms with E-state index in [1.165, 1.54) is 58.3 Å². The molecule has 112 valence electrons. The van der Waals surface area contributed by atoms with Gasteiger partial charge in [0.15, 0.2) is 0 Å². The Morgan fingerprint density at radius 3 is 2.58 bits per heavy atom. The lowest BCUT2D eigenvalue weighted by atomic mass is 9.79. The van der Waals surface area contributed by atoms with Crippen LogP contribution in [0, 0.1) is 5.92 Å². The Hall–Kier alpha value is -0.120. The highest BCUT2D eigenvalue weighted by atomic mass is 15.3. The van der Waals surface area contributed by atoms with Gasteiger partial charge in [-0.3, -0.25) is 9.80 Å². The van der Waals surface area contributed by atoms with Gasteiger partial charge in [0.1, 0.15) is 0 Å². The van der Waals surface area contributed by atoms with E-state index in [0.717, 1.165) is 5.92 Å². The predicted octanol–water partition coefficient (Wildman–Crippen LogP) is 2.31. The molecule has 2 aliphatic rings. The molecule has 1 saturated heterocycles. The molecule has 19 heavy (non-hydrogen) atoms. The van der Waals surface area contributed by atoms with Gasteiger partial charge in [0.05, 0.1) is 0 Å². The molecule has 0 amide bonds. The number of nitrogens with two attached hydrogens (primary N) is 1. The molecule has 4 unspecified atom stereocenters. The van der Waals surface area contributed by atoms with Gasteiger partial charge in [-0.25, -0.2) is 0 Å². The molecule has 0 aromatic carbocycles. The maximum atomic E-state index is 6.43. The predicted molar refractivity (Wildman–Crippen MR) is 82.3 cm³/mol. The van der Waals surface area contributed by atoms with Crippen molar-refractivity contribution in [2.45, 2.75) is 71.0 Å². The van der Waals surface area contributed by atoms with E-state index >= 15 is 0 Å². The van der Waals surface area contributed by atoms with E-state index in [2.05, 4.69) is 30.6 Å². The topological polar surface area (TPSA) is 32.5 Å². The Morgan fingerprint density at radius 2 is 1.95 bits per heavy atom. The Bertz CT molecular complexity index is 269. The van der Waals surface area contributed by atoms with E-state index in [0.29, 0.717) is 18.1 Å². The molecule has 1 aliphatic heterocycles. The third-order valence-corrected chi connectivity index (χ3v) is 5.35. The molecule has 1 aliphatic carbocycles. The highest BCUT2D eigenvalue weighted by Crippen LogP contribution is 2.31. The van der Waals surface area contributed by atoms with Gasteiger partial charge < -0.3 is 5.73 Å². The first kappa shape index (κ1) is 15.3. The van der Waals surface area contributed by atoms with E-state index in [1.807, 2.05) is 0 Å². The average molecular weight is 267 g/mol. The van der Waals surface area contributed by atoms with Crippen molar-refractivity contribution in [2.24, 2.45) is 11.7 Å². The van der Waals surface area contributed by atoms with Crippen molar-refractivity contribution in [3.8, 4) is 0 Å². The van der Waals surface area contributed by atoms with Crippen LogP contribution in [0.25, 0.3) is 0 Å². The number of rotatable bonds is 4. The normalized spacial score (nSPS) is 38.5. The highest BCUT2D eigenvalue weighted by molar-refractivity contribution is 4.92. The third-order valence-electron chi connectivity index (χ3n) is 5.35. The molecule has 0 bridgehead atoms. The van der Waals surface area contributed by atoms with E-state index < -0.39 is 0 Å². The summed E-state index contributed by atoms with van der Waals surface area (Å²) >= 11 is 0. The number of hydrogen-bond acceptors (Lipinski definition) is 3. The molecular weight excluding hydrogens is 234 g/mol. The van der Waals surface area contributed by atoms with Gasteiger partial charge in [0.25, 0.3) is 0 Å². The molecule has 0 radical (unpaired) electrons. The van der Waals surface area contributed by atoms with Crippen molar-refractivity contribution in [1.29, 1.82) is 0 Å². The second-order valence-corrected chi connectivity index (χ2v) is 6.67. The quantitative estimate of drug-likeness (QED) is 0.848. The summed E-state index contributed by atoms with van der Waals surface area (Å²) in [5.41, 5.74) is 6.43. The zero-order valence-electron chi connectivity index (χ0n) is 13.1. The fourth-order valence-corrected chi connectivity index (χ4v) is 4.14. The van der Waals surface area contributed by atoms with Gasteiger partial charge in [-0.1, -0.05) is 26.7 Å².